The van der Waals surface area contributed by atoms with Gasteiger partial charge >= 0.3 is 0 Å². The minimum absolute atomic E-state index is 0.294. The standard InChI is InChI=1S/C19H16ClN3O3S/c1-11-6-2-3-7-12(11)18(25)23-22-15(24)10-21-19(26)17-16(20)13-8-4-5-9-14(13)27-17/h2-9H,10H2,1H3,(H,21,26)(H,22,24)(H,23,25). The van der Waals surface area contributed by atoms with E-state index < -0.39 is 17.7 Å². The summed E-state index contributed by atoms with van der Waals surface area (Å²) in [5.41, 5.74) is 5.84. The number of hydrogen-bond donors (Lipinski definition) is 3. The zero-order valence-corrected chi connectivity index (χ0v) is 15.9. The van der Waals surface area contributed by atoms with Crippen molar-refractivity contribution in [2.24, 2.45) is 0 Å². The van der Waals surface area contributed by atoms with Crippen LogP contribution in [0.3, 0.4) is 0 Å². The predicted octanol–water partition coefficient (Wildman–Crippen LogP) is 3.05. The second-order valence-electron chi connectivity index (χ2n) is 5.74. The maximum atomic E-state index is 12.3. The summed E-state index contributed by atoms with van der Waals surface area (Å²) in [6.07, 6.45) is 0. The summed E-state index contributed by atoms with van der Waals surface area (Å²) in [6.45, 7) is 1.50. The molecule has 0 atom stereocenters. The number of nitrogens with one attached hydrogen (secondary N) is 3. The van der Waals surface area contributed by atoms with Crippen molar-refractivity contribution in [2.75, 3.05) is 6.54 Å². The second-order valence-corrected chi connectivity index (χ2v) is 7.17. The first-order chi connectivity index (χ1) is 13.0. The lowest BCUT2D eigenvalue weighted by atomic mass is 10.1. The van der Waals surface area contributed by atoms with Crippen LogP contribution in [0.5, 0.6) is 0 Å². The number of halogens is 1. The first-order valence-corrected chi connectivity index (χ1v) is 9.27. The Labute approximate surface area is 164 Å². The molecule has 0 saturated carbocycles. The van der Waals surface area contributed by atoms with E-state index in [-0.39, 0.29) is 6.54 Å². The van der Waals surface area contributed by atoms with Crippen LogP contribution < -0.4 is 16.2 Å². The van der Waals surface area contributed by atoms with E-state index in [4.69, 9.17) is 11.6 Å². The van der Waals surface area contributed by atoms with Gasteiger partial charge in [-0.3, -0.25) is 25.2 Å². The van der Waals surface area contributed by atoms with Crippen LogP contribution in [0, 0.1) is 6.92 Å². The van der Waals surface area contributed by atoms with Crippen LogP contribution in [0.25, 0.3) is 10.1 Å². The van der Waals surface area contributed by atoms with E-state index in [1.807, 2.05) is 30.3 Å². The maximum Gasteiger partial charge on any atom is 0.269 e. The van der Waals surface area contributed by atoms with Gasteiger partial charge in [-0.25, -0.2) is 0 Å². The fourth-order valence-corrected chi connectivity index (χ4v) is 3.90. The number of carbonyl (C=O) groups excluding carboxylic acids is 3. The SMILES string of the molecule is Cc1ccccc1C(=O)NNC(=O)CNC(=O)c1sc2ccccc2c1Cl. The fraction of sp³-hybridized carbons (Fsp3) is 0.105. The van der Waals surface area contributed by atoms with Gasteiger partial charge < -0.3 is 5.32 Å². The van der Waals surface area contributed by atoms with Crippen molar-refractivity contribution in [3.8, 4) is 0 Å². The lowest BCUT2D eigenvalue weighted by Crippen LogP contribution is -2.46. The molecule has 138 valence electrons. The Morgan fingerprint density at radius 3 is 2.41 bits per heavy atom. The Morgan fingerprint density at radius 1 is 0.963 bits per heavy atom. The van der Waals surface area contributed by atoms with Gasteiger partial charge in [0.1, 0.15) is 4.88 Å². The Balaban J connectivity index is 1.54. The van der Waals surface area contributed by atoms with Gasteiger partial charge in [0.25, 0.3) is 17.7 Å². The number of rotatable bonds is 4. The Morgan fingerprint density at radius 2 is 1.67 bits per heavy atom. The average molecular weight is 402 g/mol. The number of carbonyl (C=O) groups is 3. The lowest BCUT2D eigenvalue weighted by molar-refractivity contribution is -0.120. The molecule has 0 aliphatic heterocycles. The molecule has 1 heterocycles. The summed E-state index contributed by atoms with van der Waals surface area (Å²) in [6, 6.07) is 14.4. The van der Waals surface area contributed by atoms with Crippen molar-refractivity contribution in [3.63, 3.8) is 0 Å². The molecule has 0 aliphatic carbocycles. The van der Waals surface area contributed by atoms with E-state index in [0.29, 0.717) is 15.5 Å². The quantitative estimate of drug-likeness (QED) is 0.587. The van der Waals surface area contributed by atoms with Crippen molar-refractivity contribution < 1.29 is 14.4 Å². The van der Waals surface area contributed by atoms with Gasteiger partial charge in [-0.15, -0.1) is 11.3 Å². The minimum atomic E-state index is -0.553. The summed E-state index contributed by atoms with van der Waals surface area (Å²) in [5, 5.41) is 3.66. The van der Waals surface area contributed by atoms with Gasteiger partial charge in [-0.1, -0.05) is 48.0 Å². The second kappa shape index (κ2) is 8.20. The molecular formula is C19H16ClN3O3S. The number of amides is 3. The third-order valence-electron chi connectivity index (χ3n) is 3.86. The molecule has 0 aliphatic rings. The van der Waals surface area contributed by atoms with Gasteiger partial charge in [0.2, 0.25) is 0 Å². The molecule has 8 heteroatoms. The summed E-state index contributed by atoms with van der Waals surface area (Å²) in [5.74, 6) is -1.43. The van der Waals surface area contributed by atoms with Crippen LogP contribution in [0.15, 0.2) is 48.5 Å². The zero-order chi connectivity index (χ0) is 19.4. The highest BCUT2D eigenvalue weighted by Crippen LogP contribution is 2.34. The molecule has 0 fully saturated rings. The van der Waals surface area contributed by atoms with Crippen molar-refractivity contribution in [1.82, 2.24) is 16.2 Å². The molecule has 0 saturated heterocycles. The highest BCUT2D eigenvalue weighted by molar-refractivity contribution is 7.21. The molecule has 27 heavy (non-hydrogen) atoms. The van der Waals surface area contributed by atoms with Crippen LogP contribution >= 0.6 is 22.9 Å². The Kier molecular flexibility index (Phi) is 5.73. The van der Waals surface area contributed by atoms with E-state index in [1.54, 1.807) is 25.1 Å². The molecule has 0 spiro atoms. The number of hydrazine groups is 1. The number of hydrogen-bond acceptors (Lipinski definition) is 4. The summed E-state index contributed by atoms with van der Waals surface area (Å²) < 4.78 is 0.891. The molecule has 3 rings (SSSR count). The van der Waals surface area contributed by atoms with Crippen LogP contribution in [0.2, 0.25) is 5.02 Å². The van der Waals surface area contributed by atoms with Crippen LogP contribution in [-0.4, -0.2) is 24.3 Å². The van der Waals surface area contributed by atoms with E-state index in [2.05, 4.69) is 16.2 Å². The minimum Gasteiger partial charge on any atom is -0.342 e. The smallest absolute Gasteiger partial charge is 0.269 e. The van der Waals surface area contributed by atoms with Gasteiger partial charge in [-0.05, 0) is 24.6 Å². The topological polar surface area (TPSA) is 87.3 Å². The normalized spacial score (nSPS) is 10.4. The van der Waals surface area contributed by atoms with Gasteiger partial charge in [-0.2, -0.15) is 0 Å². The number of aryl methyl sites for hydroxylation is 1. The van der Waals surface area contributed by atoms with E-state index in [9.17, 15) is 14.4 Å². The summed E-state index contributed by atoms with van der Waals surface area (Å²) >= 11 is 7.50. The summed E-state index contributed by atoms with van der Waals surface area (Å²) in [4.78, 5) is 36.6. The molecule has 1 aromatic heterocycles. The molecule has 0 radical (unpaired) electrons. The van der Waals surface area contributed by atoms with E-state index in [1.165, 1.54) is 11.3 Å². The van der Waals surface area contributed by atoms with Crippen molar-refractivity contribution >= 4 is 50.7 Å². The highest BCUT2D eigenvalue weighted by atomic mass is 35.5. The lowest BCUT2D eigenvalue weighted by Gasteiger charge is -2.09. The van der Waals surface area contributed by atoms with Gasteiger partial charge in [0.15, 0.2) is 0 Å². The van der Waals surface area contributed by atoms with E-state index in [0.717, 1.165) is 15.6 Å². The zero-order valence-electron chi connectivity index (χ0n) is 14.3. The first kappa shape index (κ1) is 18.9. The van der Waals surface area contributed by atoms with Crippen molar-refractivity contribution in [1.29, 1.82) is 0 Å². The molecule has 6 nitrogen and oxygen atoms in total. The van der Waals surface area contributed by atoms with Gasteiger partial charge in [0, 0.05) is 15.6 Å². The van der Waals surface area contributed by atoms with Crippen LogP contribution in [-0.2, 0) is 4.79 Å². The number of thiophene rings is 1. The Bertz CT molecular complexity index is 1030. The molecule has 2 aromatic carbocycles. The molecule has 3 amide bonds. The summed E-state index contributed by atoms with van der Waals surface area (Å²) in [7, 11) is 0. The molecular weight excluding hydrogens is 386 g/mol. The number of benzene rings is 2. The average Bonchev–Trinajstić information content (AvgIpc) is 3.01. The Hall–Kier alpha value is -2.90. The molecule has 0 unspecified atom stereocenters. The molecule has 3 N–H and O–H groups in total. The third kappa shape index (κ3) is 4.27. The molecule has 3 aromatic rings. The predicted molar refractivity (Wildman–Crippen MR) is 106 cm³/mol. The van der Waals surface area contributed by atoms with E-state index >= 15 is 0 Å². The van der Waals surface area contributed by atoms with Gasteiger partial charge in [0.05, 0.1) is 11.6 Å². The maximum absolute atomic E-state index is 12.3. The fourth-order valence-electron chi connectivity index (χ4n) is 2.47. The molecule has 0 bridgehead atoms. The van der Waals surface area contributed by atoms with Crippen molar-refractivity contribution in [3.05, 3.63) is 69.6 Å². The highest BCUT2D eigenvalue weighted by Gasteiger charge is 2.17. The largest absolute Gasteiger partial charge is 0.342 e. The van der Waals surface area contributed by atoms with Crippen molar-refractivity contribution in [2.45, 2.75) is 6.92 Å². The van der Waals surface area contributed by atoms with Crippen LogP contribution in [0.1, 0.15) is 25.6 Å². The first-order valence-electron chi connectivity index (χ1n) is 8.07. The monoisotopic (exact) mass is 401 g/mol. The van der Waals surface area contributed by atoms with Crippen LogP contribution in [0.4, 0.5) is 0 Å². The third-order valence-corrected chi connectivity index (χ3v) is 5.53. The number of fused-ring (bicyclic) bond motifs is 1.